The van der Waals surface area contributed by atoms with Crippen LogP contribution in [0.1, 0.15) is 52.5 Å². The second-order valence-electron chi connectivity index (χ2n) is 7.50. The van der Waals surface area contributed by atoms with E-state index in [4.69, 9.17) is 15.0 Å². The van der Waals surface area contributed by atoms with E-state index in [1.807, 2.05) is 18.2 Å². The predicted octanol–water partition coefficient (Wildman–Crippen LogP) is 4.09. The zero-order valence-electron chi connectivity index (χ0n) is 16.6. The summed E-state index contributed by atoms with van der Waals surface area (Å²) in [5.74, 6) is 0.992. The highest BCUT2D eigenvalue weighted by molar-refractivity contribution is 7.18. The van der Waals surface area contributed by atoms with Crippen molar-refractivity contribution >= 4 is 33.1 Å². The van der Waals surface area contributed by atoms with Gasteiger partial charge < -0.3 is 15.2 Å². The minimum atomic E-state index is -0.357. The highest BCUT2D eigenvalue weighted by Gasteiger charge is 2.25. The molecule has 3 aromatic rings. The fourth-order valence-electron chi connectivity index (χ4n) is 3.83. The molecule has 30 heavy (non-hydrogen) atoms. The van der Waals surface area contributed by atoms with Crippen LogP contribution >= 0.6 is 11.3 Å². The number of methoxy groups -OCH3 is 1. The molecule has 154 valence electrons. The molecule has 0 unspecified atom stereocenters. The number of nitrogens with zero attached hydrogens (tertiary/aromatic N) is 3. The molecule has 7 nitrogen and oxygen atoms in total. The first-order valence-electron chi connectivity index (χ1n) is 9.87. The Labute approximate surface area is 178 Å². The van der Waals surface area contributed by atoms with Crippen LogP contribution < -0.4 is 10.1 Å². The van der Waals surface area contributed by atoms with E-state index in [1.54, 1.807) is 18.4 Å². The number of carbonyl (C=O) groups is 1. The number of aliphatic hydroxyl groups is 1. The van der Waals surface area contributed by atoms with Crippen LogP contribution in [-0.4, -0.2) is 34.7 Å². The van der Waals surface area contributed by atoms with Crippen LogP contribution in [0.15, 0.2) is 30.6 Å². The summed E-state index contributed by atoms with van der Waals surface area (Å²) in [6.45, 7) is 0.264. The lowest BCUT2D eigenvalue weighted by atomic mass is 9.83. The first kappa shape index (κ1) is 20.3. The third-order valence-electron chi connectivity index (χ3n) is 5.56. The van der Waals surface area contributed by atoms with Crippen molar-refractivity contribution in [1.82, 2.24) is 9.97 Å². The predicted molar refractivity (Wildman–Crippen MR) is 115 cm³/mol. The molecule has 1 fully saturated rings. The summed E-state index contributed by atoms with van der Waals surface area (Å²) in [6.07, 6.45) is 6.96. The molecule has 0 aliphatic heterocycles. The van der Waals surface area contributed by atoms with Gasteiger partial charge >= 0.3 is 0 Å². The number of benzene rings is 1. The average Bonchev–Trinajstić information content (AvgIpc) is 3.21. The second-order valence-corrected chi connectivity index (χ2v) is 8.56. The van der Waals surface area contributed by atoms with Crippen LogP contribution in [-0.2, 0) is 0 Å². The number of nitrogens with one attached hydrogen (secondary N) is 1. The number of aliphatic hydroxyl groups excluding tert-OH is 1. The molecule has 4 rings (SSSR count). The highest BCUT2D eigenvalue weighted by atomic mass is 32.1. The molecule has 1 saturated carbocycles. The number of amides is 1. The van der Waals surface area contributed by atoms with E-state index in [2.05, 4.69) is 10.3 Å². The van der Waals surface area contributed by atoms with Gasteiger partial charge in [-0.05, 0) is 43.7 Å². The van der Waals surface area contributed by atoms with Crippen LogP contribution in [0.25, 0.3) is 10.2 Å². The van der Waals surface area contributed by atoms with Crippen molar-refractivity contribution in [3.63, 3.8) is 0 Å². The molecule has 0 atom stereocenters. The normalized spacial score (nSPS) is 18.7. The van der Waals surface area contributed by atoms with Crippen molar-refractivity contribution in [2.75, 3.05) is 19.0 Å². The van der Waals surface area contributed by atoms with Crippen molar-refractivity contribution in [1.29, 1.82) is 5.26 Å². The first-order chi connectivity index (χ1) is 14.6. The van der Waals surface area contributed by atoms with Crippen LogP contribution in [0.2, 0.25) is 0 Å². The number of fused-ring (bicyclic) bond motifs is 1. The molecule has 0 radical (unpaired) electrons. The molecule has 1 amide bonds. The van der Waals surface area contributed by atoms with E-state index in [9.17, 15) is 9.90 Å². The zero-order valence-corrected chi connectivity index (χ0v) is 17.4. The number of anilines is 1. The van der Waals surface area contributed by atoms with Crippen molar-refractivity contribution < 1.29 is 14.6 Å². The number of pyridine rings is 1. The van der Waals surface area contributed by atoms with Crippen molar-refractivity contribution in [3.8, 4) is 11.8 Å². The highest BCUT2D eigenvalue weighted by Crippen LogP contribution is 2.41. The number of aromatic nitrogens is 2. The number of carbonyl (C=O) groups excluding carboxylic acids is 1. The minimum Gasteiger partial charge on any atom is -0.494 e. The smallest absolute Gasteiger partial charge is 0.257 e. The van der Waals surface area contributed by atoms with E-state index >= 15 is 0 Å². The topological polar surface area (TPSA) is 108 Å². The largest absolute Gasteiger partial charge is 0.494 e. The van der Waals surface area contributed by atoms with Crippen LogP contribution in [0.3, 0.4) is 0 Å². The number of ether oxygens (including phenoxy) is 1. The molecule has 1 aromatic carbocycles. The molecule has 1 aliphatic carbocycles. The molecule has 0 saturated heterocycles. The lowest BCUT2D eigenvalue weighted by molar-refractivity contribution is 0.102. The van der Waals surface area contributed by atoms with Gasteiger partial charge in [-0.1, -0.05) is 0 Å². The fraction of sp³-hybridized carbons (Fsp3) is 0.364. The monoisotopic (exact) mass is 422 g/mol. The van der Waals surface area contributed by atoms with E-state index in [0.29, 0.717) is 34.4 Å². The van der Waals surface area contributed by atoms with Crippen LogP contribution in [0.4, 0.5) is 5.69 Å². The summed E-state index contributed by atoms with van der Waals surface area (Å²) in [5, 5.41) is 22.3. The van der Waals surface area contributed by atoms with Gasteiger partial charge in [-0.2, -0.15) is 5.26 Å². The Morgan fingerprint density at radius 2 is 2.10 bits per heavy atom. The van der Waals surface area contributed by atoms with Gasteiger partial charge in [-0.3, -0.25) is 9.78 Å². The van der Waals surface area contributed by atoms with E-state index in [-0.39, 0.29) is 12.5 Å². The van der Waals surface area contributed by atoms with Gasteiger partial charge in [-0.15, -0.1) is 11.3 Å². The third-order valence-corrected chi connectivity index (χ3v) is 6.74. The number of thiazole rings is 1. The van der Waals surface area contributed by atoms with Gasteiger partial charge in [0, 0.05) is 31.0 Å². The molecule has 8 heteroatoms. The molecule has 2 aromatic heterocycles. The number of hydrogen-bond acceptors (Lipinski definition) is 7. The maximum atomic E-state index is 12.6. The van der Waals surface area contributed by atoms with Gasteiger partial charge in [0.15, 0.2) is 0 Å². The summed E-state index contributed by atoms with van der Waals surface area (Å²) >= 11 is 1.64. The molecule has 2 N–H and O–H groups in total. The quantitative estimate of drug-likeness (QED) is 0.641. The molecular weight excluding hydrogens is 400 g/mol. The third kappa shape index (κ3) is 4.13. The Morgan fingerprint density at radius 1 is 1.30 bits per heavy atom. The van der Waals surface area contributed by atoms with Crippen molar-refractivity contribution in [2.45, 2.75) is 31.6 Å². The molecule has 1 aliphatic rings. The van der Waals surface area contributed by atoms with Crippen molar-refractivity contribution in [3.05, 3.63) is 46.7 Å². The Balaban J connectivity index is 1.59. The lowest BCUT2D eigenvalue weighted by Crippen LogP contribution is -2.15. The summed E-state index contributed by atoms with van der Waals surface area (Å²) in [5.41, 5.74) is 2.04. The molecule has 0 spiro atoms. The minimum absolute atomic E-state index is 0.264. The van der Waals surface area contributed by atoms with E-state index in [1.165, 1.54) is 18.5 Å². The Bertz CT molecular complexity index is 1110. The summed E-state index contributed by atoms with van der Waals surface area (Å²) in [7, 11) is 1.55. The summed E-state index contributed by atoms with van der Waals surface area (Å²) in [6, 6.07) is 7.21. The second kappa shape index (κ2) is 8.78. The number of nitriles is 1. The average molecular weight is 423 g/mol. The van der Waals surface area contributed by atoms with Crippen molar-refractivity contribution in [2.24, 2.45) is 5.92 Å². The van der Waals surface area contributed by atoms with Gasteiger partial charge in [-0.25, -0.2) is 4.98 Å². The summed E-state index contributed by atoms with van der Waals surface area (Å²) in [4.78, 5) is 21.4. The first-order valence-corrected chi connectivity index (χ1v) is 10.7. The van der Waals surface area contributed by atoms with Gasteiger partial charge in [0.2, 0.25) is 0 Å². The van der Waals surface area contributed by atoms with Gasteiger partial charge in [0.1, 0.15) is 11.8 Å². The Kier molecular flexibility index (Phi) is 5.93. The van der Waals surface area contributed by atoms with E-state index < -0.39 is 0 Å². The molecule has 0 bridgehead atoms. The van der Waals surface area contributed by atoms with Crippen LogP contribution in [0, 0.1) is 17.2 Å². The maximum absolute atomic E-state index is 12.6. The standard InChI is InChI=1S/C22H22N4O3S/c1-29-19-7-18-20(30-22(26-18)15-4-2-13(12-27)3-5-15)8-17(19)25-21(28)16-6-14(9-23)10-24-11-16/h6-8,10-11,13,15,27H,2-5,12H2,1H3,(H,25,28)/t13-,15-. The van der Waals surface area contributed by atoms with Gasteiger partial charge in [0.25, 0.3) is 5.91 Å². The number of hydrogen-bond donors (Lipinski definition) is 2. The zero-order chi connectivity index (χ0) is 21.1. The molecule has 2 heterocycles. The lowest BCUT2D eigenvalue weighted by Gasteiger charge is -2.25. The SMILES string of the molecule is COc1cc2nc([C@H]3CC[C@H](CO)CC3)sc2cc1NC(=O)c1cncc(C#N)c1. The molecular formula is C22H22N4O3S. The number of rotatable bonds is 5. The van der Waals surface area contributed by atoms with Gasteiger partial charge in [0.05, 0.1) is 39.1 Å². The summed E-state index contributed by atoms with van der Waals surface area (Å²) < 4.78 is 6.45. The maximum Gasteiger partial charge on any atom is 0.257 e. The van der Waals surface area contributed by atoms with Crippen LogP contribution in [0.5, 0.6) is 5.75 Å². The Hall–Kier alpha value is -3.02. The fourth-order valence-corrected chi connectivity index (χ4v) is 4.98. The Morgan fingerprint density at radius 3 is 2.80 bits per heavy atom. The van der Waals surface area contributed by atoms with E-state index in [0.717, 1.165) is 40.9 Å².